The number of hydrogen-bond donors (Lipinski definition) is 0. The van der Waals surface area contributed by atoms with E-state index in [-0.39, 0.29) is 23.6 Å². The molecule has 8 heteroatoms. The summed E-state index contributed by atoms with van der Waals surface area (Å²) in [5.41, 5.74) is 0.900. The third kappa shape index (κ3) is 3.81. The highest BCUT2D eigenvalue weighted by atomic mass is 32.2. The number of allylic oxidation sites excluding steroid dienone is 1. The lowest BCUT2D eigenvalue weighted by molar-refractivity contribution is 0.102. The zero-order valence-electron chi connectivity index (χ0n) is 15.1. The van der Waals surface area contributed by atoms with Crippen LogP contribution in [0.25, 0.3) is 21.5 Å². The molecule has 146 valence electrons. The fraction of sp³-hybridized carbons (Fsp3) is 0.0952. The van der Waals surface area contributed by atoms with Gasteiger partial charge in [0.15, 0.2) is 10.9 Å². The van der Waals surface area contributed by atoms with Crippen molar-refractivity contribution in [2.75, 3.05) is 5.75 Å². The van der Waals surface area contributed by atoms with Crippen LogP contribution in [0.2, 0.25) is 0 Å². The summed E-state index contributed by atoms with van der Waals surface area (Å²) >= 11 is 2.52. The van der Waals surface area contributed by atoms with Gasteiger partial charge in [0.25, 0.3) is 5.56 Å². The Balaban J connectivity index is 1.69. The van der Waals surface area contributed by atoms with Crippen LogP contribution in [0.4, 0.5) is 4.39 Å². The van der Waals surface area contributed by atoms with Crippen molar-refractivity contribution < 1.29 is 13.6 Å². The predicted molar refractivity (Wildman–Crippen MR) is 113 cm³/mol. The Morgan fingerprint density at radius 3 is 2.79 bits per heavy atom. The van der Waals surface area contributed by atoms with Gasteiger partial charge in [0, 0.05) is 23.1 Å². The van der Waals surface area contributed by atoms with Gasteiger partial charge in [-0.3, -0.25) is 14.2 Å². The molecule has 0 fully saturated rings. The number of aromatic nitrogens is 2. The maximum absolute atomic E-state index is 13.2. The lowest BCUT2D eigenvalue weighted by Crippen LogP contribution is -2.23. The predicted octanol–water partition coefficient (Wildman–Crippen LogP) is 5.02. The van der Waals surface area contributed by atoms with E-state index < -0.39 is 5.82 Å². The number of fused-ring (bicyclic) bond motifs is 1. The Morgan fingerprint density at radius 2 is 2.10 bits per heavy atom. The zero-order chi connectivity index (χ0) is 20.4. The summed E-state index contributed by atoms with van der Waals surface area (Å²) in [5, 5.41) is 2.76. The van der Waals surface area contributed by atoms with Gasteiger partial charge >= 0.3 is 0 Å². The molecule has 5 nitrogen and oxygen atoms in total. The van der Waals surface area contributed by atoms with E-state index in [1.54, 1.807) is 24.5 Å². The SMILES string of the molecule is C=CCn1c(SCC(=O)c2ccc(F)cc2)nc2scc(-c3ccco3)c2c1=O. The molecule has 1 aromatic carbocycles. The zero-order valence-corrected chi connectivity index (χ0v) is 16.8. The smallest absolute Gasteiger partial charge is 0.263 e. The van der Waals surface area contributed by atoms with Gasteiger partial charge in [0.05, 0.1) is 17.4 Å². The molecule has 0 spiro atoms. The number of rotatable bonds is 7. The van der Waals surface area contributed by atoms with E-state index in [0.717, 1.165) is 0 Å². The van der Waals surface area contributed by atoms with Gasteiger partial charge in [0.1, 0.15) is 16.4 Å². The molecular weight excluding hydrogens is 411 g/mol. The van der Waals surface area contributed by atoms with Crippen LogP contribution in [0.15, 0.2) is 75.1 Å². The molecule has 4 rings (SSSR count). The van der Waals surface area contributed by atoms with Crippen LogP contribution >= 0.6 is 23.1 Å². The van der Waals surface area contributed by atoms with Crippen molar-refractivity contribution >= 4 is 39.1 Å². The summed E-state index contributed by atoms with van der Waals surface area (Å²) < 4.78 is 20.0. The third-order valence-electron chi connectivity index (χ3n) is 4.26. The van der Waals surface area contributed by atoms with E-state index in [2.05, 4.69) is 11.6 Å². The number of furan rings is 1. The van der Waals surface area contributed by atoms with Gasteiger partial charge in [-0.1, -0.05) is 17.8 Å². The Kier molecular flexibility index (Phi) is 5.46. The van der Waals surface area contributed by atoms with Gasteiger partial charge in [-0.25, -0.2) is 9.37 Å². The van der Waals surface area contributed by atoms with Crippen LogP contribution in [-0.4, -0.2) is 21.1 Å². The minimum Gasteiger partial charge on any atom is -0.464 e. The lowest BCUT2D eigenvalue weighted by Gasteiger charge is -2.10. The maximum Gasteiger partial charge on any atom is 0.263 e. The van der Waals surface area contributed by atoms with Gasteiger partial charge < -0.3 is 4.42 Å². The van der Waals surface area contributed by atoms with Crippen LogP contribution < -0.4 is 5.56 Å². The van der Waals surface area contributed by atoms with Crippen molar-refractivity contribution in [2.45, 2.75) is 11.7 Å². The average molecular weight is 426 g/mol. The van der Waals surface area contributed by atoms with Crippen molar-refractivity contribution in [3.63, 3.8) is 0 Å². The first kappa shape index (κ1) is 19.4. The van der Waals surface area contributed by atoms with E-state index in [1.165, 1.54) is 51.9 Å². The number of benzene rings is 1. The van der Waals surface area contributed by atoms with Crippen LogP contribution in [-0.2, 0) is 6.54 Å². The highest BCUT2D eigenvalue weighted by molar-refractivity contribution is 7.99. The minimum absolute atomic E-state index is 0.0805. The Bertz CT molecular complexity index is 1240. The van der Waals surface area contributed by atoms with Crippen molar-refractivity contribution in [1.29, 1.82) is 0 Å². The summed E-state index contributed by atoms with van der Waals surface area (Å²) in [6.07, 6.45) is 3.17. The summed E-state index contributed by atoms with van der Waals surface area (Å²) in [5.74, 6) is 0.118. The minimum atomic E-state index is -0.397. The van der Waals surface area contributed by atoms with Gasteiger partial charge in [-0.05, 0) is 36.4 Å². The van der Waals surface area contributed by atoms with Crippen LogP contribution in [0.3, 0.4) is 0 Å². The molecule has 3 aromatic heterocycles. The quantitative estimate of drug-likeness (QED) is 0.180. The molecule has 0 saturated carbocycles. The number of hydrogen-bond acceptors (Lipinski definition) is 6. The van der Waals surface area contributed by atoms with Gasteiger partial charge in [-0.2, -0.15) is 0 Å². The number of nitrogens with zero attached hydrogens (tertiary/aromatic N) is 2. The van der Waals surface area contributed by atoms with Crippen molar-refractivity contribution in [3.05, 3.63) is 82.4 Å². The first-order valence-corrected chi connectivity index (χ1v) is 10.5. The Hall–Kier alpha value is -2.97. The van der Waals surface area contributed by atoms with E-state index >= 15 is 0 Å². The number of carbonyl (C=O) groups excluding carboxylic acids is 1. The molecule has 3 heterocycles. The van der Waals surface area contributed by atoms with Crippen LogP contribution in [0, 0.1) is 5.82 Å². The lowest BCUT2D eigenvalue weighted by atomic mass is 10.1. The number of Topliss-reactive ketones (excluding diaryl/α,β-unsaturated/α-hetero) is 1. The standard InChI is InChI=1S/C21H15FN2O3S2/c1-2-9-24-20(26)18-15(17-4-3-10-27-17)11-28-19(18)23-21(24)29-12-16(25)13-5-7-14(22)8-6-13/h2-8,10-11H,1,9,12H2. The second kappa shape index (κ2) is 8.18. The number of thiophene rings is 1. The van der Waals surface area contributed by atoms with E-state index in [9.17, 15) is 14.0 Å². The molecule has 0 aliphatic heterocycles. The first-order valence-electron chi connectivity index (χ1n) is 8.67. The monoisotopic (exact) mass is 426 g/mol. The average Bonchev–Trinajstić information content (AvgIpc) is 3.38. The molecule has 0 unspecified atom stereocenters. The summed E-state index contributed by atoms with van der Waals surface area (Å²) in [7, 11) is 0. The number of carbonyl (C=O) groups is 1. The van der Waals surface area contributed by atoms with Gasteiger partial charge in [-0.15, -0.1) is 17.9 Å². The Morgan fingerprint density at radius 1 is 1.31 bits per heavy atom. The highest BCUT2D eigenvalue weighted by Crippen LogP contribution is 2.32. The number of thioether (sulfide) groups is 1. The fourth-order valence-corrected chi connectivity index (χ4v) is 4.74. The number of halogens is 1. The molecule has 0 radical (unpaired) electrons. The second-order valence-electron chi connectivity index (χ2n) is 6.12. The first-order chi connectivity index (χ1) is 14.1. The normalized spacial score (nSPS) is 11.1. The van der Waals surface area contributed by atoms with Crippen LogP contribution in [0.5, 0.6) is 0 Å². The topological polar surface area (TPSA) is 65.1 Å². The van der Waals surface area contributed by atoms with Crippen molar-refractivity contribution in [1.82, 2.24) is 9.55 Å². The highest BCUT2D eigenvalue weighted by Gasteiger charge is 2.19. The summed E-state index contributed by atoms with van der Waals surface area (Å²) in [6, 6.07) is 8.94. The summed E-state index contributed by atoms with van der Waals surface area (Å²) in [4.78, 5) is 30.8. The van der Waals surface area contributed by atoms with E-state index in [4.69, 9.17) is 4.42 Å². The third-order valence-corrected chi connectivity index (χ3v) is 6.10. The van der Waals surface area contributed by atoms with E-state index in [0.29, 0.717) is 32.3 Å². The molecule has 0 N–H and O–H groups in total. The second-order valence-corrected chi connectivity index (χ2v) is 7.92. The van der Waals surface area contributed by atoms with Crippen molar-refractivity contribution in [3.8, 4) is 11.3 Å². The molecule has 29 heavy (non-hydrogen) atoms. The molecule has 0 saturated heterocycles. The van der Waals surface area contributed by atoms with Crippen LogP contribution in [0.1, 0.15) is 10.4 Å². The molecule has 0 aliphatic carbocycles. The molecule has 0 aliphatic rings. The van der Waals surface area contributed by atoms with Gasteiger partial charge in [0.2, 0.25) is 0 Å². The fourth-order valence-electron chi connectivity index (χ4n) is 2.87. The van der Waals surface area contributed by atoms with E-state index in [1.807, 2.05) is 5.38 Å². The Labute approximate surface area is 173 Å². The van der Waals surface area contributed by atoms with Crippen molar-refractivity contribution in [2.24, 2.45) is 0 Å². The largest absolute Gasteiger partial charge is 0.464 e. The maximum atomic E-state index is 13.2. The molecule has 0 atom stereocenters. The summed E-state index contributed by atoms with van der Waals surface area (Å²) in [6.45, 7) is 3.98. The molecule has 4 aromatic rings. The molecule has 0 amide bonds. The number of ketones is 1. The molecular formula is C21H15FN2O3S2. The molecule has 0 bridgehead atoms.